The fourth-order valence-electron chi connectivity index (χ4n) is 3.07. The van der Waals surface area contributed by atoms with Gasteiger partial charge in [0, 0.05) is 0 Å². The summed E-state index contributed by atoms with van der Waals surface area (Å²) in [5, 5.41) is 15.7. The molecule has 0 spiro atoms. The molecule has 2 N–H and O–H groups in total. The number of rotatable bonds is 3. The number of benzene rings is 1. The third kappa shape index (κ3) is 3.23. The highest BCUT2D eigenvalue weighted by molar-refractivity contribution is 5.77. The number of hydrogen-bond donors (Lipinski definition) is 2. The SMILES string of the molecule is Cc1nc2c(c(C)nn2C(C)C(C)(O)c2ccc(C(F)(F)F)cc2)c(=O)[nH]1. The summed E-state index contributed by atoms with van der Waals surface area (Å²) in [6.45, 7) is 6.45. The normalized spacial score (nSPS) is 15.7. The van der Waals surface area contributed by atoms with Crippen LogP contribution >= 0.6 is 0 Å². The van der Waals surface area contributed by atoms with Gasteiger partial charge in [-0.25, -0.2) is 9.67 Å². The second-order valence-electron chi connectivity index (χ2n) is 6.78. The number of aromatic nitrogens is 4. The maximum Gasteiger partial charge on any atom is 0.416 e. The molecule has 0 radical (unpaired) electrons. The molecule has 0 fully saturated rings. The first-order valence-electron chi connectivity index (χ1n) is 8.28. The van der Waals surface area contributed by atoms with Crippen LogP contribution in [0, 0.1) is 13.8 Å². The Kier molecular flexibility index (Phi) is 4.38. The molecular weight excluding hydrogens is 361 g/mol. The zero-order valence-electron chi connectivity index (χ0n) is 15.2. The van der Waals surface area contributed by atoms with Crippen LogP contribution in [0.4, 0.5) is 13.2 Å². The largest absolute Gasteiger partial charge is 0.416 e. The Morgan fingerprint density at radius 2 is 1.70 bits per heavy atom. The molecule has 2 heterocycles. The lowest BCUT2D eigenvalue weighted by Gasteiger charge is -2.31. The summed E-state index contributed by atoms with van der Waals surface area (Å²) >= 11 is 0. The number of H-pyrrole nitrogens is 1. The maximum absolute atomic E-state index is 12.8. The zero-order valence-corrected chi connectivity index (χ0v) is 15.2. The molecule has 0 saturated carbocycles. The number of nitrogens with zero attached hydrogens (tertiary/aromatic N) is 3. The summed E-state index contributed by atoms with van der Waals surface area (Å²) in [4.78, 5) is 19.1. The molecule has 9 heteroatoms. The Hall–Kier alpha value is -2.68. The van der Waals surface area contributed by atoms with E-state index in [1.54, 1.807) is 20.8 Å². The Labute approximate surface area is 152 Å². The van der Waals surface area contributed by atoms with E-state index in [1.807, 2.05) is 0 Å². The first-order chi connectivity index (χ1) is 12.4. The number of hydrogen-bond acceptors (Lipinski definition) is 4. The Bertz CT molecular complexity index is 1050. The highest BCUT2D eigenvalue weighted by Gasteiger charge is 2.36. The van der Waals surface area contributed by atoms with Crippen molar-refractivity contribution in [3.05, 3.63) is 57.3 Å². The molecule has 0 saturated heterocycles. The number of aliphatic hydroxyl groups is 1. The lowest BCUT2D eigenvalue weighted by molar-refractivity contribution is -0.137. The maximum atomic E-state index is 12.8. The van der Waals surface area contributed by atoms with E-state index >= 15 is 0 Å². The van der Waals surface area contributed by atoms with Gasteiger partial charge in [0.25, 0.3) is 5.56 Å². The first kappa shape index (κ1) is 19.1. The molecule has 0 aliphatic rings. The number of aryl methyl sites for hydroxylation is 2. The van der Waals surface area contributed by atoms with Crippen molar-refractivity contribution in [3.63, 3.8) is 0 Å². The third-order valence-corrected chi connectivity index (χ3v) is 4.83. The number of aromatic amines is 1. The van der Waals surface area contributed by atoms with Crippen LogP contribution in [0.5, 0.6) is 0 Å². The molecule has 144 valence electrons. The van der Waals surface area contributed by atoms with Crippen molar-refractivity contribution in [2.24, 2.45) is 0 Å². The second-order valence-corrected chi connectivity index (χ2v) is 6.78. The van der Waals surface area contributed by atoms with Crippen LogP contribution in [0.2, 0.25) is 0 Å². The van der Waals surface area contributed by atoms with Crippen LogP contribution < -0.4 is 5.56 Å². The quantitative estimate of drug-likeness (QED) is 0.731. The predicted octanol–water partition coefficient (Wildman–Crippen LogP) is 3.22. The van der Waals surface area contributed by atoms with E-state index in [4.69, 9.17) is 0 Å². The van der Waals surface area contributed by atoms with E-state index < -0.39 is 23.4 Å². The summed E-state index contributed by atoms with van der Waals surface area (Å²) in [5.74, 6) is 0.398. The minimum atomic E-state index is -4.45. The summed E-state index contributed by atoms with van der Waals surface area (Å²) in [7, 11) is 0. The summed E-state index contributed by atoms with van der Waals surface area (Å²) in [5.41, 5.74) is -1.61. The van der Waals surface area contributed by atoms with Crippen LogP contribution in [0.3, 0.4) is 0 Å². The molecule has 2 unspecified atom stereocenters. The molecule has 0 bridgehead atoms. The van der Waals surface area contributed by atoms with E-state index in [1.165, 1.54) is 23.7 Å². The standard InChI is InChI=1S/C18H19F3N4O2/c1-9-14-15(22-11(3)23-16(14)26)25(24-9)10(2)17(4,27)12-5-7-13(8-6-12)18(19,20)21/h5-8,10,27H,1-4H3,(H,22,23,26). The molecule has 1 aromatic carbocycles. The number of alkyl halides is 3. The van der Waals surface area contributed by atoms with Gasteiger partial charge in [0.15, 0.2) is 5.65 Å². The first-order valence-corrected chi connectivity index (χ1v) is 8.28. The lowest BCUT2D eigenvalue weighted by Crippen LogP contribution is -2.33. The average molecular weight is 380 g/mol. The van der Waals surface area contributed by atoms with Gasteiger partial charge in [0.2, 0.25) is 0 Å². The van der Waals surface area contributed by atoms with Gasteiger partial charge in [-0.05, 0) is 45.4 Å². The smallest absolute Gasteiger partial charge is 0.383 e. The van der Waals surface area contributed by atoms with Gasteiger partial charge in [-0.1, -0.05) is 12.1 Å². The minimum absolute atomic E-state index is 0.297. The zero-order chi connectivity index (χ0) is 20.1. The van der Waals surface area contributed by atoms with Gasteiger partial charge in [-0.3, -0.25) is 4.79 Å². The van der Waals surface area contributed by atoms with Gasteiger partial charge >= 0.3 is 6.18 Å². The molecule has 27 heavy (non-hydrogen) atoms. The van der Waals surface area contributed by atoms with E-state index in [0.29, 0.717) is 28.1 Å². The Morgan fingerprint density at radius 3 is 2.26 bits per heavy atom. The average Bonchev–Trinajstić information content (AvgIpc) is 2.90. The van der Waals surface area contributed by atoms with E-state index in [0.717, 1.165) is 12.1 Å². The molecule has 3 aromatic rings. The van der Waals surface area contributed by atoms with Gasteiger partial charge in [-0.15, -0.1) is 0 Å². The van der Waals surface area contributed by atoms with Crippen molar-refractivity contribution in [2.75, 3.05) is 0 Å². The van der Waals surface area contributed by atoms with Gasteiger partial charge in [0.1, 0.15) is 16.8 Å². The van der Waals surface area contributed by atoms with Gasteiger partial charge in [0.05, 0.1) is 17.3 Å². The fraction of sp³-hybridized carbons (Fsp3) is 0.389. The van der Waals surface area contributed by atoms with Crippen LogP contribution in [0.15, 0.2) is 29.1 Å². The van der Waals surface area contributed by atoms with Crippen molar-refractivity contribution >= 4 is 11.0 Å². The topological polar surface area (TPSA) is 83.8 Å². The molecule has 6 nitrogen and oxygen atoms in total. The van der Waals surface area contributed by atoms with Crippen molar-refractivity contribution < 1.29 is 18.3 Å². The Balaban J connectivity index is 2.08. The molecule has 0 amide bonds. The molecule has 2 atom stereocenters. The van der Waals surface area contributed by atoms with Crippen molar-refractivity contribution in [3.8, 4) is 0 Å². The van der Waals surface area contributed by atoms with E-state index in [9.17, 15) is 23.1 Å². The van der Waals surface area contributed by atoms with Crippen molar-refractivity contribution in [2.45, 2.75) is 45.5 Å². The monoisotopic (exact) mass is 380 g/mol. The molecule has 3 rings (SSSR count). The molecular formula is C18H19F3N4O2. The van der Waals surface area contributed by atoms with Crippen LogP contribution in [-0.2, 0) is 11.8 Å². The van der Waals surface area contributed by atoms with Gasteiger partial charge in [-0.2, -0.15) is 18.3 Å². The minimum Gasteiger partial charge on any atom is -0.383 e. The van der Waals surface area contributed by atoms with Crippen molar-refractivity contribution in [1.29, 1.82) is 0 Å². The van der Waals surface area contributed by atoms with Gasteiger partial charge < -0.3 is 10.1 Å². The number of halogens is 3. The second kappa shape index (κ2) is 6.19. The van der Waals surface area contributed by atoms with Crippen LogP contribution in [0.25, 0.3) is 11.0 Å². The van der Waals surface area contributed by atoms with E-state index in [-0.39, 0.29) is 5.56 Å². The third-order valence-electron chi connectivity index (χ3n) is 4.83. The molecule has 0 aliphatic carbocycles. The van der Waals surface area contributed by atoms with E-state index in [2.05, 4.69) is 15.1 Å². The number of fused-ring (bicyclic) bond motifs is 1. The highest BCUT2D eigenvalue weighted by Crippen LogP contribution is 2.36. The number of nitrogens with one attached hydrogen (secondary N) is 1. The molecule has 0 aliphatic heterocycles. The predicted molar refractivity (Wildman–Crippen MR) is 93.3 cm³/mol. The fourth-order valence-corrected chi connectivity index (χ4v) is 3.07. The molecule has 2 aromatic heterocycles. The summed E-state index contributed by atoms with van der Waals surface area (Å²) < 4.78 is 39.8. The summed E-state index contributed by atoms with van der Waals surface area (Å²) in [6.07, 6.45) is -4.45. The van der Waals surface area contributed by atoms with Crippen LogP contribution in [0.1, 0.15) is 42.5 Å². The van der Waals surface area contributed by atoms with Crippen molar-refractivity contribution in [1.82, 2.24) is 19.7 Å². The lowest BCUT2D eigenvalue weighted by atomic mass is 9.88. The van der Waals surface area contributed by atoms with Crippen LogP contribution in [-0.4, -0.2) is 24.9 Å². The Morgan fingerprint density at radius 1 is 1.15 bits per heavy atom. The summed E-state index contributed by atoms with van der Waals surface area (Å²) in [6, 6.07) is 3.64. The highest BCUT2D eigenvalue weighted by atomic mass is 19.4.